The molecule has 184 valence electrons. The quantitative estimate of drug-likeness (QED) is 0.372. The van der Waals surface area contributed by atoms with Gasteiger partial charge in [-0.3, -0.25) is 0 Å². The number of alkyl halides is 3. The molecule has 0 amide bonds. The molecule has 33 heavy (non-hydrogen) atoms. The van der Waals surface area contributed by atoms with E-state index in [0.717, 1.165) is 59.9 Å². The molecule has 2 aromatic carbocycles. The molecule has 1 atom stereocenters. The van der Waals surface area contributed by atoms with Gasteiger partial charge >= 0.3 is 6.18 Å². The molecule has 0 spiro atoms. The van der Waals surface area contributed by atoms with Crippen molar-refractivity contribution in [1.29, 1.82) is 0 Å². The summed E-state index contributed by atoms with van der Waals surface area (Å²) in [6.45, 7) is 6.12. The highest BCUT2D eigenvalue weighted by Crippen LogP contribution is 2.38. The highest BCUT2D eigenvalue weighted by atomic mass is 19.4. The van der Waals surface area contributed by atoms with Crippen LogP contribution in [0, 0.1) is 0 Å². The lowest BCUT2D eigenvalue weighted by Gasteiger charge is -2.33. The number of rotatable bonds is 12. The van der Waals surface area contributed by atoms with E-state index in [2.05, 4.69) is 19.9 Å². The van der Waals surface area contributed by atoms with Crippen molar-refractivity contribution in [2.75, 3.05) is 0 Å². The van der Waals surface area contributed by atoms with Crippen LogP contribution in [0.1, 0.15) is 79.8 Å². The van der Waals surface area contributed by atoms with Gasteiger partial charge in [0.2, 0.25) is 0 Å². The number of halogens is 3. The number of hydrogen-bond donors (Lipinski definition) is 3. The van der Waals surface area contributed by atoms with Crippen molar-refractivity contribution in [3.05, 3.63) is 69.8 Å². The number of aryl methyl sites for hydroxylation is 3. The van der Waals surface area contributed by atoms with Crippen molar-refractivity contribution in [3.8, 4) is 0 Å². The predicted molar refractivity (Wildman–Crippen MR) is 125 cm³/mol. The average molecular weight is 467 g/mol. The summed E-state index contributed by atoms with van der Waals surface area (Å²) in [7, 11) is 0. The van der Waals surface area contributed by atoms with Crippen LogP contribution in [-0.2, 0) is 37.9 Å². The minimum atomic E-state index is -4.59. The van der Waals surface area contributed by atoms with Gasteiger partial charge in [-0.05, 0) is 83.7 Å². The zero-order chi connectivity index (χ0) is 24.6. The van der Waals surface area contributed by atoms with Crippen LogP contribution in [0.15, 0.2) is 36.4 Å². The van der Waals surface area contributed by atoms with E-state index in [4.69, 9.17) is 0 Å². The molecular weight excluding hydrogens is 429 g/mol. The van der Waals surface area contributed by atoms with Crippen molar-refractivity contribution >= 4 is 0 Å². The SMILES string of the molecule is CCc1cc(C(CC)(CC)CCc2ccc(CO)c(CO)c2)ccc1CCC(O)C(F)(F)F. The van der Waals surface area contributed by atoms with Crippen molar-refractivity contribution in [2.45, 2.75) is 96.6 Å². The van der Waals surface area contributed by atoms with E-state index in [1.807, 2.05) is 37.3 Å². The maximum absolute atomic E-state index is 12.7. The molecule has 3 N–H and O–H groups in total. The number of benzene rings is 2. The fourth-order valence-corrected chi connectivity index (χ4v) is 4.66. The second-order valence-corrected chi connectivity index (χ2v) is 8.84. The fraction of sp³-hybridized carbons (Fsp3) is 0.556. The third-order valence-corrected chi connectivity index (χ3v) is 7.12. The molecule has 0 bridgehead atoms. The Morgan fingerprint density at radius 2 is 1.42 bits per heavy atom. The van der Waals surface area contributed by atoms with E-state index in [-0.39, 0.29) is 31.5 Å². The Morgan fingerprint density at radius 1 is 0.788 bits per heavy atom. The van der Waals surface area contributed by atoms with Gasteiger partial charge in [-0.1, -0.05) is 57.2 Å². The van der Waals surface area contributed by atoms with E-state index in [1.54, 1.807) is 0 Å². The first-order chi connectivity index (χ1) is 15.6. The van der Waals surface area contributed by atoms with Crippen molar-refractivity contribution in [2.24, 2.45) is 0 Å². The lowest BCUT2D eigenvalue weighted by molar-refractivity contribution is -0.205. The highest BCUT2D eigenvalue weighted by molar-refractivity contribution is 5.37. The third kappa shape index (κ3) is 6.81. The Bertz CT molecular complexity index is 889. The Labute approximate surface area is 195 Å². The van der Waals surface area contributed by atoms with Crippen LogP contribution < -0.4 is 0 Å². The molecule has 0 fully saturated rings. The molecule has 0 saturated carbocycles. The molecule has 6 heteroatoms. The normalized spacial score (nSPS) is 13.4. The van der Waals surface area contributed by atoms with Crippen LogP contribution in [0.2, 0.25) is 0 Å². The fourth-order valence-electron chi connectivity index (χ4n) is 4.66. The van der Waals surface area contributed by atoms with E-state index in [9.17, 15) is 28.5 Å². The molecule has 0 radical (unpaired) electrons. The lowest BCUT2D eigenvalue weighted by Crippen LogP contribution is -2.29. The molecule has 0 heterocycles. The summed E-state index contributed by atoms with van der Waals surface area (Å²) in [5.74, 6) is 0. The van der Waals surface area contributed by atoms with Crippen LogP contribution >= 0.6 is 0 Å². The summed E-state index contributed by atoms with van der Waals surface area (Å²) in [5, 5.41) is 28.4. The Hall–Kier alpha value is -1.89. The van der Waals surface area contributed by atoms with Crippen LogP contribution in [0.25, 0.3) is 0 Å². The summed E-state index contributed by atoms with van der Waals surface area (Å²) in [4.78, 5) is 0. The first-order valence-corrected chi connectivity index (χ1v) is 11.8. The van der Waals surface area contributed by atoms with Gasteiger partial charge < -0.3 is 15.3 Å². The van der Waals surface area contributed by atoms with Crippen molar-refractivity contribution < 1.29 is 28.5 Å². The van der Waals surface area contributed by atoms with Gasteiger partial charge in [0.05, 0.1) is 13.2 Å². The van der Waals surface area contributed by atoms with Crippen LogP contribution in [0.3, 0.4) is 0 Å². The maximum Gasteiger partial charge on any atom is 0.414 e. The number of aliphatic hydroxyl groups is 3. The van der Waals surface area contributed by atoms with Gasteiger partial charge in [-0.25, -0.2) is 0 Å². The highest BCUT2D eigenvalue weighted by Gasteiger charge is 2.37. The molecule has 1 unspecified atom stereocenters. The topological polar surface area (TPSA) is 60.7 Å². The maximum atomic E-state index is 12.7. The van der Waals surface area contributed by atoms with E-state index in [0.29, 0.717) is 0 Å². The van der Waals surface area contributed by atoms with Crippen molar-refractivity contribution in [3.63, 3.8) is 0 Å². The van der Waals surface area contributed by atoms with Crippen LogP contribution in [-0.4, -0.2) is 27.6 Å². The van der Waals surface area contributed by atoms with Crippen LogP contribution in [0.5, 0.6) is 0 Å². The van der Waals surface area contributed by atoms with Gasteiger partial charge in [0.25, 0.3) is 0 Å². The van der Waals surface area contributed by atoms with Gasteiger partial charge in [0.1, 0.15) is 6.10 Å². The van der Waals surface area contributed by atoms with Gasteiger partial charge in [-0.2, -0.15) is 13.2 Å². The number of hydrogen-bond acceptors (Lipinski definition) is 3. The van der Waals surface area contributed by atoms with Crippen LogP contribution in [0.4, 0.5) is 13.2 Å². The first-order valence-electron chi connectivity index (χ1n) is 11.8. The van der Waals surface area contributed by atoms with Gasteiger partial charge in [0.15, 0.2) is 0 Å². The zero-order valence-electron chi connectivity index (χ0n) is 19.9. The summed E-state index contributed by atoms with van der Waals surface area (Å²) in [5.41, 5.74) is 5.60. The summed E-state index contributed by atoms with van der Waals surface area (Å²) in [6, 6.07) is 11.9. The van der Waals surface area contributed by atoms with Crippen molar-refractivity contribution in [1.82, 2.24) is 0 Å². The summed E-state index contributed by atoms with van der Waals surface area (Å²) < 4.78 is 38.1. The molecule has 2 rings (SSSR count). The second kappa shape index (κ2) is 12.0. The largest absolute Gasteiger partial charge is 0.414 e. The molecule has 3 nitrogen and oxygen atoms in total. The van der Waals surface area contributed by atoms with Gasteiger partial charge in [-0.15, -0.1) is 0 Å². The number of aliphatic hydroxyl groups excluding tert-OH is 3. The van der Waals surface area contributed by atoms with Gasteiger partial charge in [0, 0.05) is 0 Å². The Kier molecular flexibility index (Phi) is 9.95. The Morgan fingerprint density at radius 3 is 1.97 bits per heavy atom. The minimum Gasteiger partial charge on any atom is -0.392 e. The molecule has 0 saturated heterocycles. The summed E-state index contributed by atoms with van der Waals surface area (Å²) in [6.07, 6.45) is -2.72. The monoisotopic (exact) mass is 466 g/mol. The Balaban J connectivity index is 2.24. The minimum absolute atomic E-state index is 0.0665. The average Bonchev–Trinajstić information content (AvgIpc) is 2.82. The third-order valence-electron chi connectivity index (χ3n) is 7.12. The predicted octanol–water partition coefficient (Wildman–Crippen LogP) is 5.78. The zero-order valence-corrected chi connectivity index (χ0v) is 19.9. The second-order valence-electron chi connectivity index (χ2n) is 8.84. The first kappa shape index (κ1) is 27.4. The lowest BCUT2D eigenvalue weighted by atomic mass is 9.71. The molecule has 0 aromatic heterocycles. The van der Waals surface area contributed by atoms with E-state index >= 15 is 0 Å². The van der Waals surface area contributed by atoms with E-state index in [1.165, 1.54) is 5.56 Å². The standard InChI is InChI=1S/C27H37F3O3/c1-4-20-16-24(11-9-21(20)10-12-25(33)27(28,29)30)26(5-2,6-3)14-13-19-7-8-22(17-31)23(15-19)18-32/h7-9,11,15-16,25,31-33H,4-6,10,12-14,17-18H2,1-3H3. The summed E-state index contributed by atoms with van der Waals surface area (Å²) >= 11 is 0. The molecule has 0 aliphatic carbocycles. The molecular formula is C27H37F3O3. The van der Waals surface area contributed by atoms with E-state index < -0.39 is 12.3 Å². The smallest absolute Gasteiger partial charge is 0.392 e. The molecule has 0 aliphatic heterocycles. The molecule has 0 aliphatic rings. The molecule has 2 aromatic rings.